The van der Waals surface area contributed by atoms with Crippen molar-refractivity contribution in [1.82, 2.24) is 19.7 Å². The minimum Gasteiger partial charge on any atom is -0.308 e. The molecule has 0 radical (unpaired) electrons. The zero-order chi connectivity index (χ0) is 20.1. The lowest BCUT2D eigenvalue weighted by atomic mass is 10.3. The number of rotatable bonds is 7. The number of amides is 1. The molecular weight excluding hydrogens is 382 g/mol. The van der Waals surface area contributed by atoms with Crippen molar-refractivity contribution in [2.24, 2.45) is 0 Å². The normalized spacial score (nSPS) is 10.8. The summed E-state index contributed by atoms with van der Waals surface area (Å²) in [6, 6.07) is 19.4. The number of anilines is 1. The highest BCUT2D eigenvalue weighted by Gasteiger charge is 2.17. The van der Waals surface area contributed by atoms with E-state index in [0.29, 0.717) is 12.2 Å². The van der Waals surface area contributed by atoms with Crippen LogP contribution in [-0.4, -0.2) is 38.0 Å². The van der Waals surface area contributed by atoms with Gasteiger partial charge in [0.05, 0.1) is 23.0 Å². The van der Waals surface area contributed by atoms with E-state index in [1.807, 2.05) is 60.7 Å². The molecule has 0 saturated carbocycles. The molecule has 0 aliphatic carbocycles. The van der Waals surface area contributed by atoms with Crippen LogP contribution in [0.15, 0.2) is 90.9 Å². The van der Waals surface area contributed by atoms with Gasteiger partial charge in [-0.05, 0) is 24.3 Å². The molecule has 0 aliphatic heterocycles. The van der Waals surface area contributed by atoms with E-state index in [2.05, 4.69) is 21.6 Å². The molecule has 144 valence electrons. The molecule has 0 atom stereocenters. The van der Waals surface area contributed by atoms with E-state index < -0.39 is 0 Å². The summed E-state index contributed by atoms with van der Waals surface area (Å²) >= 11 is 1.39. The highest BCUT2D eigenvalue weighted by atomic mass is 32.2. The first kappa shape index (κ1) is 18.9. The van der Waals surface area contributed by atoms with Crippen molar-refractivity contribution in [2.75, 3.05) is 17.2 Å². The second kappa shape index (κ2) is 8.70. The van der Waals surface area contributed by atoms with Gasteiger partial charge < -0.3 is 4.90 Å². The molecule has 0 bridgehead atoms. The van der Waals surface area contributed by atoms with E-state index in [1.165, 1.54) is 18.1 Å². The summed E-state index contributed by atoms with van der Waals surface area (Å²) in [6.07, 6.45) is 4.98. The van der Waals surface area contributed by atoms with E-state index in [0.717, 1.165) is 21.8 Å². The van der Waals surface area contributed by atoms with Crippen LogP contribution in [0.25, 0.3) is 16.7 Å². The van der Waals surface area contributed by atoms with Gasteiger partial charge in [0, 0.05) is 12.2 Å². The van der Waals surface area contributed by atoms with Crippen LogP contribution >= 0.6 is 11.8 Å². The molecule has 1 amide bonds. The SMILES string of the molecule is C=CCN(C(=O)CSc1ncnc2c1cnn2-c1ccccc1)c1ccccc1. The molecule has 0 unspecified atom stereocenters. The van der Waals surface area contributed by atoms with E-state index in [4.69, 9.17) is 0 Å². The predicted molar refractivity (Wildman–Crippen MR) is 116 cm³/mol. The van der Waals surface area contributed by atoms with Crippen molar-refractivity contribution in [2.45, 2.75) is 5.03 Å². The van der Waals surface area contributed by atoms with Gasteiger partial charge in [-0.15, -0.1) is 6.58 Å². The lowest BCUT2D eigenvalue weighted by Crippen LogP contribution is -2.32. The third-order valence-corrected chi connectivity index (χ3v) is 5.33. The zero-order valence-electron chi connectivity index (χ0n) is 15.7. The van der Waals surface area contributed by atoms with Crippen molar-refractivity contribution in [3.63, 3.8) is 0 Å². The Labute approximate surface area is 172 Å². The second-order valence-electron chi connectivity index (χ2n) is 6.23. The van der Waals surface area contributed by atoms with Crippen LogP contribution in [0.1, 0.15) is 0 Å². The number of nitrogens with zero attached hydrogens (tertiary/aromatic N) is 5. The van der Waals surface area contributed by atoms with Gasteiger partial charge >= 0.3 is 0 Å². The molecule has 7 heteroatoms. The Morgan fingerprint density at radius 3 is 2.52 bits per heavy atom. The number of fused-ring (bicyclic) bond motifs is 1. The molecule has 4 rings (SSSR count). The van der Waals surface area contributed by atoms with Crippen molar-refractivity contribution in [3.8, 4) is 5.69 Å². The van der Waals surface area contributed by atoms with E-state index in [-0.39, 0.29) is 11.7 Å². The maximum atomic E-state index is 12.9. The summed E-state index contributed by atoms with van der Waals surface area (Å²) in [6.45, 7) is 4.22. The quantitative estimate of drug-likeness (QED) is 0.265. The molecule has 2 aromatic heterocycles. The summed E-state index contributed by atoms with van der Waals surface area (Å²) in [7, 11) is 0. The maximum Gasteiger partial charge on any atom is 0.237 e. The van der Waals surface area contributed by atoms with Gasteiger partial charge in [0.2, 0.25) is 5.91 Å². The molecular formula is C22H19N5OS. The minimum atomic E-state index is -0.0108. The number of hydrogen-bond donors (Lipinski definition) is 0. The third kappa shape index (κ3) is 4.05. The van der Waals surface area contributed by atoms with Crippen LogP contribution in [0, 0.1) is 0 Å². The Hall–Kier alpha value is -3.45. The number of benzene rings is 2. The molecule has 0 aliphatic rings. The molecule has 6 nitrogen and oxygen atoms in total. The largest absolute Gasteiger partial charge is 0.308 e. The Bertz CT molecular complexity index is 1130. The Kier molecular flexibility index (Phi) is 5.67. The van der Waals surface area contributed by atoms with Crippen molar-refractivity contribution in [1.29, 1.82) is 0 Å². The van der Waals surface area contributed by atoms with Crippen molar-refractivity contribution in [3.05, 3.63) is 85.8 Å². The van der Waals surface area contributed by atoms with Gasteiger partial charge in [0.1, 0.15) is 11.4 Å². The molecule has 0 spiro atoms. The zero-order valence-corrected chi connectivity index (χ0v) is 16.5. The number of carbonyl (C=O) groups excluding carboxylic acids is 1. The smallest absolute Gasteiger partial charge is 0.237 e. The van der Waals surface area contributed by atoms with Gasteiger partial charge in [-0.1, -0.05) is 54.2 Å². The molecule has 0 N–H and O–H groups in total. The Morgan fingerprint density at radius 1 is 1.07 bits per heavy atom. The van der Waals surface area contributed by atoms with Crippen LogP contribution < -0.4 is 4.90 Å². The number of thioether (sulfide) groups is 1. The molecule has 2 heterocycles. The second-order valence-corrected chi connectivity index (χ2v) is 7.19. The number of carbonyl (C=O) groups is 1. The van der Waals surface area contributed by atoms with Gasteiger partial charge in [0.25, 0.3) is 0 Å². The lowest BCUT2D eigenvalue weighted by Gasteiger charge is -2.21. The number of para-hydroxylation sites is 2. The molecule has 2 aromatic carbocycles. The highest BCUT2D eigenvalue weighted by Crippen LogP contribution is 2.26. The van der Waals surface area contributed by atoms with Gasteiger partial charge in [0.15, 0.2) is 5.65 Å². The Morgan fingerprint density at radius 2 is 1.79 bits per heavy atom. The maximum absolute atomic E-state index is 12.9. The van der Waals surface area contributed by atoms with Crippen LogP contribution in [0.5, 0.6) is 0 Å². The first-order chi connectivity index (χ1) is 14.3. The summed E-state index contributed by atoms with van der Waals surface area (Å²) in [5.74, 6) is 0.245. The molecule has 4 aromatic rings. The van der Waals surface area contributed by atoms with Crippen molar-refractivity contribution >= 4 is 34.4 Å². The number of hydrogen-bond acceptors (Lipinski definition) is 5. The van der Waals surface area contributed by atoms with Gasteiger partial charge in [-0.3, -0.25) is 4.79 Å². The van der Waals surface area contributed by atoms with Gasteiger partial charge in [-0.2, -0.15) is 5.10 Å². The minimum absolute atomic E-state index is 0.0108. The van der Waals surface area contributed by atoms with E-state index in [1.54, 1.807) is 21.9 Å². The monoisotopic (exact) mass is 401 g/mol. The van der Waals surface area contributed by atoms with E-state index in [9.17, 15) is 4.79 Å². The third-order valence-electron chi connectivity index (χ3n) is 4.34. The van der Waals surface area contributed by atoms with Crippen LogP contribution in [0.2, 0.25) is 0 Å². The topological polar surface area (TPSA) is 63.9 Å². The van der Waals surface area contributed by atoms with E-state index >= 15 is 0 Å². The Balaban J connectivity index is 1.56. The average Bonchev–Trinajstić information content (AvgIpc) is 3.22. The molecule has 29 heavy (non-hydrogen) atoms. The molecule has 0 saturated heterocycles. The van der Waals surface area contributed by atoms with Gasteiger partial charge in [-0.25, -0.2) is 14.6 Å². The first-order valence-corrected chi connectivity index (χ1v) is 10.1. The average molecular weight is 401 g/mol. The summed E-state index contributed by atoms with van der Waals surface area (Å²) in [5.41, 5.74) is 2.49. The number of aromatic nitrogens is 4. The lowest BCUT2D eigenvalue weighted by molar-refractivity contribution is -0.116. The fourth-order valence-electron chi connectivity index (χ4n) is 2.99. The summed E-state index contributed by atoms with van der Waals surface area (Å²) < 4.78 is 1.77. The fourth-order valence-corrected chi connectivity index (χ4v) is 3.83. The highest BCUT2D eigenvalue weighted by molar-refractivity contribution is 8.00. The predicted octanol–water partition coefficient (Wildman–Crippen LogP) is 4.13. The first-order valence-electron chi connectivity index (χ1n) is 9.11. The summed E-state index contributed by atoms with van der Waals surface area (Å²) in [5, 5.41) is 6.01. The fraction of sp³-hybridized carbons (Fsp3) is 0.0909. The summed E-state index contributed by atoms with van der Waals surface area (Å²) in [4.78, 5) is 23.3. The van der Waals surface area contributed by atoms with Crippen LogP contribution in [0.3, 0.4) is 0 Å². The van der Waals surface area contributed by atoms with Crippen molar-refractivity contribution < 1.29 is 4.79 Å². The van der Waals surface area contributed by atoms with Crippen LogP contribution in [-0.2, 0) is 4.79 Å². The standard InChI is InChI=1S/C22H19N5OS/c1-2-13-26(17-9-5-3-6-10-17)20(28)15-29-22-19-14-25-27(21(19)23-16-24-22)18-11-7-4-8-12-18/h2-12,14,16H,1,13,15H2. The van der Waals surface area contributed by atoms with Crippen LogP contribution in [0.4, 0.5) is 5.69 Å². The molecule has 0 fully saturated rings.